The maximum Gasteiger partial charge on any atom is 0.227 e. The number of hydrogen-bond acceptors (Lipinski definition) is 3. The fraction of sp³-hybridized carbons (Fsp3) is 0.333. The van der Waals surface area contributed by atoms with E-state index in [1.165, 1.54) is 4.88 Å². The Labute approximate surface area is 139 Å². The van der Waals surface area contributed by atoms with E-state index in [4.69, 9.17) is 0 Å². The maximum atomic E-state index is 12.1. The van der Waals surface area contributed by atoms with E-state index in [0.29, 0.717) is 6.42 Å². The lowest BCUT2D eigenvalue weighted by molar-refractivity contribution is -0.117. The van der Waals surface area contributed by atoms with E-state index in [1.54, 1.807) is 11.3 Å². The van der Waals surface area contributed by atoms with Gasteiger partial charge in [-0.1, -0.05) is 12.1 Å². The molecule has 2 amide bonds. The van der Waals surface area contributed by atoms with Gasteiger partial charge in [0.2, 0.25) is 11.8 Å². The molecule has 5 heteroatoms. The zero-order valence-corrected chi connectivity index (χ0v) is 13.9. The molecule has 0 atom stereocenters. The zero-order valence-electron chi connectivity index (χ0n) is 13.1. The monoisotopic (exact) mass is 328 g/mol. The van der Waals surface area contributed by atoms with E-state index in [2.05, 4.69) is 10.6 Å². The predicted molar refractivity (Wildman–Crippen MR) is 93.8 cm³/mol. The van der Waals surface area contributed by atoms with Crippen LogP contribution in [0.3, 0.4) is 0 Å². The zero-order chi connectivity index (χ0) is 16.2. The number of carbonyl (C=O) groups is 2. The third-order valence-electron chi connectivity index (χ3n) is 3.91. The lowest BCUT2D eigenvalue weighted by Crippen LogP contribution is -2.15. The lowest BCUT2D eigenvalue weighted by Gasteiger charge is -2.11. The molecule has 2 aromatic rings. The van der Waals surface area contributed by atoms with Gasteiger partial charge in [0.05, 0.1) is 0 Å². The van der Waals surface area contributed by atoms with Crippen LogP contribution in [0, 0.1) is 12.8 Å². The lowest BCUT2D eigenvalue weighted by atomic mass is 10.1. The summed E-state index contributed by atoms with van der Waals surface area (Å²) in [4.78, 5) is 25.2. The largest absolute Gasteiger partial charge is 0.326 e. The fourth-order valence-electron chi connectivity index (χ4n) is 2.33. The summed E-state index contributed by atoms with van der Waals surface area (Å²) in [6.45, 7) is 1.95. The number of nitrogens with one attached hydrogen (secondary N) is 2. The molecular formula is C18H20N2O2S. The summed E-state index contributed by atoms with van der Waals surface area (Å²) in [5.41, 5.74) is 2.48. The Bertz CT molecular complexity index is 706. The summed E-state index contributed by atoms with van der Waals surface area (Å²) < 4.78 is 0. The Hall–Kier alpha value is -2.14. The molecule has 1 heterocycles. The Morgan fingerprint density at radius 2 is 2.04 bits per heavy atom. The van der Waals surface area contributed by atoms with Crippen molar-refractivity contribution in [3.8, 4) is 0 Å². The first kappa shape index (κ1) is 15.7. The molecule has 1 aromatic carbocycles. The van der Waals surface area contributed by atoms with Crippen molar-refractivity contribution in [2.45, 2.75) is 32.6 Å². The van der Waals surface area contributed by atoms with E-state index in [0.717, 1.165) is 36.2 Å². The van der Waals surface area contributed by atoms with Crippen molar-refractivity contribution in [1.82, 2.24) is 0 Å². The van der Waals surface area contributed by atoms with Crippen molar-refractivity contribution in [2.75, 3.05) is 10.6 Å². The van der Waals surface area contributed by atoms with Crippen molar-refractivity contribution in [3.63, 3.8) is 0 Å². The number of anilines is 2. The number of benzene rings is 1. The average Bonchev–Trinajstić information content (AvgIpc) is 3.25. The van der Waals surface area contributed by atoms with Crippen LogP contribution in [0.1, 0.15) is 29.7 Å². The molecule has 3 rings (SSSR count). The number of rotatable bonds is 6. The topological polar surface area (TPSA) is 58.2 Å². The van der Waals surface area contributed by atoms with Crippen molar-refractivity contribution < 1.29 is 9.59 Å². The maximum absolute atomic E-state index is 12.1. The third-order valence-corrected chi connectivity index (χ3v) is 4.84. The Kier molecular flexibility index (Phi) is 4.76. The molecule has 0 radical (unpaired) electrons. The summed E-state index contributed by atoms with van der Waals surface area (Å²) in [7, 11) is 0. The van der Waals surface area contributed by atoms with Gasteiger partial charge in [0, 0.05) is 28.6 Å². The Morgan fingerprint density at radius 1 is 1.22 bits per heavy atom. The molecule has 0 spiro atoms. The molecule has 120 valence electrons. The van der Waals surface area contributed by atoms with Gasteiger partial charge < -0.3 is 10.6 Å². The SMILES string of the molecule is Cc1ccc(NC(=O)C2CC2)cc1NC(=O)CCc1cccs1. The van der Waals surface area contributed by atoms with E-state index in [-0.39, 0.29) is 17.7 Å². The number of hydrogen-bond donors (Lipinski definition) is 2. The molecule has 0 bridgehead atoms. The summed E-state index contributed by atoms with van der Waals surface area (Å²) >= 11 is 1.66. The second-order valence-corrected chi connectivity index (χ2v) is 6.95. The van der Waals surface area contributed by atoms with Gasteiger partial charge in [-0.05, 0) is 55.3 Å². The van der Waals surface area contributed by atoms with Crippen LogP contribution in [0.4, 0.5) is 11.4 Å². The number of carbonyl (C=O) groups excluding carboxylic acids is 2. The van der Waals surface area contributed by atoms with E-state index < -0.39 is 0 Å². The van der Waals surface area contributed by atoms with Crippen molar-refractivity contribution in [1.29, 1.82) is 0 Å². The highest BCUT2D eigenvalue weighted by Crippen LogP contribution is 2.30. The van der Waals surface area contributed by atoms with Crippen molar-refractivity contribution >= 4 is 34.5 Å². The molecule has 1 fully saturated rings. The first-order valence-corrected chi connectivity index (χ1v) is 8.73. The van der Waals surface area contributed by atoms with Gasteiger partial charge in [-0.2, -0.15) is 0 Å². The molecular weight excluding hydrogens is 308 g/mol. The van der Waals surface area contributed by atoms with E-state index >= 15 is 0 Å². The molecule has 1 aromatic heterocycles. The van der Waals surface area contributed by atoms with Crippen molar-refractivity contribution in [3.05, 3.63) is 46.2 Å². The van der Waals surface area contributed by atoms with E-state index in [1.807, 2.05) is 42.6 Å². The molecule has 1 saturated carbocycles. The Morgan fingerprint density at radius 3 is 2.74 bits per heavy atom. The minimum absolute atomic E-state index is 0.00725. The molecule has 1 aliphatic rings. The van der Waals surface area contributed by atoms with Gasteiger partial charge in [0.1, 0.15) is 0 Å². The average molecular weight is 328 g/mol. The second kappa shape index (κ2) is 6.96. The number of thiophene rings is 1. The quantitative estimate of drug-likeness (QED) is 0.843. The molecule has 0 unspecified atom stereocenters. The van der Waals surface area contributed by atoms with Gasteiger partial charge in [0.25, 0.3) is 0 Å². The van der Waals surface area contributed by atoms with E-state index in [9.17, 15) is 9.59 Å². The van der Waals surface area contributed by atoms with Gasteiger partial charge in [0.15, 0.2) is 0 Å². The summed E-state index contributed by atoms with van der Waals surface area (Å²) in [6, 6.07) is 9.65. The summed E-state index contributed by atoms with van der Waals surface area (Å²) in [5, 5.41) is 7.87. The van der Waals surface area contributed by atoms with Crippen LogP contribution in [-0.2, 0) is 16.0 Å². The van der Waals surface area contributed by atoms with Crippen LogP contribution in [-0.4, -0.2) is 11.8 Å². The molecule has 23 heavy (non-hydrogen) atoms. The predicted octanol–water partition coefficient (Wildman–Crippen LogP) is 3.98. The van der Waals surface area contributed by atoms with Crippen LogP contribution < -0.4 is 10.6 Å². The highest BCUT2D eigenvalue weighted by atomic mass is 32.1. The number of amides is 2. The van der Waals surface area contributed by atoms with Gasteiger partial charge >= 0.3 is 0 Å². The molecule has 2 N–H and O–H groups in total. The van der Waals surface area contributed by atoms with Crippen LogP contribution in [0.25, 0.3) is 0 Å². The molecule has 0 aliphatic heterocycles. The first-order valence-electron chi connectivity index (χ1n) is 7.85. The highest BCUT2D eigenvalue weighted by Gasteiger charge is 2.29. The van der Waals surface area contributed by atoms with Crippen LogP contribution in [0.15, 0.2) is 35.7 Å². The first-order chi connectivity index (χ1) is 11.1. The molecule has 4 nitrogen and oxygen atoms in total. The summed E-state index contributed by atoms with van der Waals surface area (Å²) in [5.74, 6) is 0.233. The molecule has 0 saturated heterocycles. The third kappa shape index (κ3) is 4.42. The minimum Gasteiger partial charge on any atom is -0.326 e. The highest BCUT2D eigenvalue weighted by molar-refractivity contribution is 7.09. The summed E-state index contributed by atoms with van der Waals surface area (Å²) in [6.07, 6.45) is 3.16. The van der Waals surface area contributed by atoms with Gasteiger partial charge in [-0.3, -0.25) is 9.59 Å². The van der Waals surface area contributed by atoms with Crippen LogP contribution in [0.2, 0.25) is 0 Å². The van der Waals surface area contributed by atoms with Crippen molar-refractivity contribution in [2.24, 2.45) is 5.92 Å². The number of aryl methyl sites for hydroxylation is 2. The normalized spacial score (nSPS) is 13.6. The Balaban J connectivity index is 1.59. The molecule has 1 aliphatic carbocycles. The van der Waals surface area contributed by atoms with Gasteiger partial charge in [-0.25, -0.2) is 0 Å². The minimum atomic E-state index is -0.00725. The smallest absolute Gasteiger partial charge is 0.227 e. The van der Waals surface area contributed by atoms with Crippen LogP contribution in [0.5, 0.6) is 0 Å². The fourth-order valence-corrected chi connectivity index (χ4v) is 3.04. The second-order valence-electron chi connectivity index (χ2n) is 5.92. The van der Waals surface area contributed by atoms with Gasteiger partial charge in [-0.15, -0.1) is 11.3 Å². The van der Waals surface area contributed by atoms with Crippen LogP contribution >= 0.6 is 11.3 Å². The standard InChI is InChI=1S/C18H20N2O2S/c1-12-4-7-14(19-18(22)13-5-6-13)11-16(12)20-17(21)9-8-15-3-2-10-23-15/h2-4,7,10-11,13H,5-6,8-9H2,1H3,(H,19,22)(H,20,21).